The molecule has 1 heterocycles. The van der Waals surface area contributed by atoms with Crippen molar-refractivity contribution in [1.82, 2.24) is 4.57 Å². The van der Waals surface area contributed by atoms with Gasteiger partial charge < -0.3 is 4.57 Å². The van der Waals surface area contributed by atoms with Crippen LogP contribution in [0.25, 0.3) is 11.3 Å². The molecule has 23 heavy (non-hydrogen) atoms. The van der Waals surface area contributed by atoms with Crippen LogP contribution in [0.1, 0.15) is 45.4 Å². The second kappa shape index (κ2) is 7.25. The molecule has 0 saturated carbocycles. The summed E-state index contributed by atoms with van der Waals surface area (Å²) in [6, 6.07) is 8.47. The second-order valence-electron chi connectivity index (χ2n) is 6.92. The van der Waals surface area contributed by atoms with E-state index in [1.54, 1.807) is 0 Å². The largest absolute Gasteiger partial charge is 0.342 e. The first-order valence-electron chi connectivity index (χ1n) is 7.87. The minimum absolute atomic E-state index is 0.0748. The first-order valence-corrected chi connectivity index (χ1v) is 10.0. The van der Waals surface area contributed by atoms with Crippen molar-refractivity contribution >= 4 is 45.2 Å². The summed E-state index contributed by atoms with van der Waals surface area (Å²) in [6.07, 6.45) is 1.04. The lowest BCUT2D eigenvalue weighted by Crippen LogP contribution is -2.30. The van der Waals surface area contributed by atoms with Gasteiger partial charge in [0.1, 0.15) is 0 Å². The van der Waals surface area contributed by atoms with E-state index in [0.717, 1.165) is 37.1 Å². The summed E-state index contributed by atoms with van der Waals surface area (Å²) in [5, 5.41) is 0. The van der Waals surface area contributed by atoms with E-state index in [2.05, 4.69) is 109 Å². The van der Waals surface area contributed by atoms with E-state index in [4.69, 9.17) is 0 Å². The standard InChI is InChI=1S/C19H23I2NO/c1-6-11-22-16(13-9-7-12(2)8-10-13)14(20)17(23)15(21)18(22)19(3,4)5/h7-10H,6,11H2,1-5H3. The van der Waals surface area contributed by atoms with E-state index in [-0.39, 0.29) is 10.8 Å². The Balaban J connectivity index is 2.92. The molecule has 2 rings (SSSR count). The molecule has 124 valence electrons. The molecule has 0 N–H and O–H groups in total. The molecule has 0 saturated heterocycles. The molecule has 1 aromatic heterocycles. The van der Waals surface area contributed by atoms with Crippen LogP contribution < -0.4 is 5.43 Å². The van der Waals surface area contributed by atoms with E-state index >= 15 is 0 Å². The van der Waals surface area contributed by atoms with Crippen LogP contribution in [0.15, 0.2) is 29.1 Å². The molecule has 4 heteroatoms. The van der Waals surface area contributed by atoms with E-state index in [0.29, 0.717) is 0 Å². The molecule has 0 aliphatic rings. The van der Waals surface area contributed by atoms with Crippen molar-refractivity contribution in [1.29, 1.82) is 0 Å². The highest BCUT2D eigenvalue weighted by Gasteiger charge is 2.27. The molecule has 2 nitrogen and oxygen atoms in total. The minimum atomic E-state index is -0.0748. The second-order valence-corrected chi connectivity index (χ2v) is 9.08. The van der Waals surface area contributed by atoms with Gasteiger partial charge in [0.2, 0.25) is 5.43 Å². The van der Waals surface area contributed by atoms with Gasteiger partial charge >= 0.3 is 0 Å². The summed E-state index contributed by atoms with van der Waals surface area (Å²) in [7, 11) is 0. The summed E-state index contributed by atoms with van der Waals surface area (Å²) in [6.45, 7) is 11.7. The maximum Gasteiger partial charge on any atom is 0.209 e. The zero-order valence-electron chi connectivity index (χ0n) is 14.3. The lowest BCUT2D eigenvalue weighted by molar-refractivity contribution is 0.502. The van der Waals surface area contributed by atoms with Gasteiger partial charge in [0.05, 0.1) is 12.8 Å². The van der Waals surface area contributed by atoms with Crippen molar-refractivity contribution in [3.8, 4) is 11.3 Å². The van der Waals surface area contributed by atoms with E-state index in [1.807, 2.05) is 0 Å². The first kappa shape index (κ1) is 19.0. The predicted molar refractivity (Wildman–Crippen MR) is 115 cm³/mol. The molecule has 0 aliphatic carbocycles. The number of benzene rings is 1. The van der Waals surface area contributed by atoms with Gasteiger partial charge in [-0.25, -0.2) is 0 Å². The lowest BCUT2D eigenvalue weighted by Gasteiger charge is -2.29. The normalized spacial score (nSPS) is 11.8. The number of hydrogen-bond donors (Lipinski definition) is 0. The monoisotopic (exact) mass is 535 g/mol. The van der Waals surface area contributed by atoms with Gasteiger partial charge in [0.25, 0.3) is 0 Å². The van der Waals surface area contributed by atoms with Crippen LogP contribution in [0.2, 0.25) is 0 Å². The quantitative estimate of drug-likeness (QED) is 0.460. The van der Waals surface area contributed by atoms with Crippen LogP contribution in [0.3, 0.4) is 0 Å². The summed E-state index contributed by atoms with van der Waals surface area (Å²) in [4.78, 5) is 12.8. The molecular weight excluding hydrogens is 512 g/mol. The van der Waals surface area contributed by atoms with Crippen LogP contribution in [0.5, 0.6) is 0 Å². The number of hydrogen-bond acceptors (Lipinski definition) is 1. The zero-order valence-corrected chi connectivity index (χ0v) is 18.7. The molecule has 0 spiro atoms. The lowest BCUT2D eigenvalue weighted by atomic mass is 9.90. The molecule has 2 aromatic rings. The Bertz CT molecular complexity index is 768. The van der Waals surface area contributed by atoms with Crippen molar-refractivity contribution in [2.24, 2.45) is 0 Å². The van der Waals surface area contributed by atoms with Gasteiger partial charge in [0.15, 0.2) is 0 Å². The Labute approximate surface area is 166 Å². The van der Waals surface area contributed by atoms with Gasteiger partial charge in [-0.3, -0.25) is 4.79 Å². The Kier molecular flexibility index (Phi) is 5.98. The van der Waals surface area contributed by atoms with E-state index in [1.165, 1.54) is 5.56 Å². The van der Waals surface area contributed by atoms with Crippen LogP contribution in [0, 0.1) is 14.1 Å². The van der Waals surface area contributed by atoms with E-state index in [9.17, 15) is 4.79 Å². The van der Waals surface area contributed by atoms with Crippen molar-refractivity contribution in [2.45, 2.75) is 53.0 Å². The van der Waals surface area contributed by atoms with Crippen molar-refractivity contribution in [2.75, 3.05) is 0 Å². The summed E-state index contributed by atoms with van der Waals surface area (Å²) in [5.74, 6) is 0. The smallest absolute Gasteiger partial charge is 0.209 e. The van der Waals surface area contributed by atoms with Crippen LogP contribution in [-0.4, -0.2) is 4.57 Å². The fourth-order valence-corrected chi connectivity index (χ4v) is 5.59. The summed E-state index contributed by atoms with van der Waals surface area (Å²) in [5.41, 5.74) is 4.62. The maximum absolute atomic E-state index is 12.8. The van der Waals surface area contributed by atoms with Crippen LogP contribution in [0.4, 0.5) is 0 Å². The highest BCUT2D eigenvalue weighted by atomic mass is 127. The van der Waals surface area contributed by atoms with Gasteiger partial charge in [-0.05, 0) is 64.1 Å². The molecule has 0 atom stereocenters. The summed E-state index contributed by atoms with van der Waals surface area (Å²) < 4.78 is 4.02. The fourth-order valence-electron chi connectivity index (χ4n) is 2.84. The summed E-state index contributed by atoms with van der Waals surface area (Å²) >= 11 is 4.44. The SMILES string of the molecule is CCCn1c(-c2ccc(C)cc2)c(I)c(=O)c(I)c1C(C)(C)C. The third kappa shape index (κ3) is 3.83. The highest BCUT2D eigenvalue weighted by Crippen LogP contribution is 2.33. The Morgan fingerprint density at radius 3 is 2.09 bits per heavy atom. The molecule has 0 bridgehead atoms. The molecule has 0 fully saturated rings. The Morgan fingerprint density at radius 2 is 1.61 bits per heavy atom. The van der Waals surface area contributed by atoms with Crippen molar-refractivity contribution < 1.29 is 0 Å². The van der Waals surface area contributed by atoms with Gasteiger partial charge in [-0.15, -0.1) is 0 Å². The van der Waals surface area contributed by atoms with Crippen molar-refractivity contribution in [3.05, 3.63) is 52.9 Å². The zero-order chi connectivity index (χ0) is 17.4. The average Bonchev–Trinajstić information content (AvgIpc) is 2.46. The minimum Gasteiger partial charge on any atom is -0.342 e. The van der Waals surface area contributed by atoms with Crippen molar-refractivity contribution in [3.63, 3.8) is 0 Å². The molecular formula is C19H23I2NO. The average molecular weight is 535 g/mol. The third-order valence-corrected chi connectivity index (χ3v) is 5.84. The Hall–Kier alpha value is -0.370. The molecule has 0 radical (unpaired) electrons. The molecule has 0 unspecified atom stereocenters. The van der Waals surface area contributed by atoms with Crippen LogP contribution in [-0.2, 0) is 12.0 Å². The van der Waals surface area contributed by atoms with Gasteiger partial charge in [-0.2, -0.15) is 0 Å². The topological polar surface area (TPSA) is 22.0 Å². The molecule has 1 aromatic carbocycles. The number of aryl methyl sites for hydroxylation is 1. The number of nitrogens with zero attached hydrogens (tertiary/aromatic N) is 1. The third-order valence-electron chi connectivity index (χ3n) is 3.84. The first-order chi connectivity index (χ1) is 10.7. The van der Waals surface area contributed by atoms with E-state index < -0.39 is 0 Å². The number of rotatable bonds is 3. The number of pyridine rings is 1. The predicted octanol–water partition coefficient (Wildman–Crippen LogP) is 5.74. The number of aromatic nitrogens is 1. The van der Waals surface area contributed by atoms with Gasteiger partial charge in [-0.1, -0.05) is 57.5 Å². The molecule has 0 amide bonds. The van der Waals surface area contributed by atoms with Gasteiger partial charge in [0, 0.05) is 17.7 Å². The Morgan fingerprint density at radius 1 is 1.04 bits per heavy atom. The van der Waals surface area contributed by atoms with Crippen LogP contribution >= 0.6 is 45.2 Å². The highest BCUT2D eigenvalue weighted by molar-refractivity contribution is 14.1. The number of halogens is 2. The molecule has 0 aliphatic heterocycles. The maximum atomic E-state index is 12.8. The fraction of sp³-hybridized carbons (Fsp3) is 0.421.